The van der Waals surface area contributed by atoms with Gasteiger partial charge in [-0.2, -0.15) is 0 Å². The third-order valence-electron chi connectivity index (χ3n) is 7.93. The van der Waals surface area contributed by atoms with Gasteiger partial charge in [0.1, 0.15) is 5.75 Å². The zero-order valence-electron chi connectivity index (χ0n) is 19.0. The van der Waals surface area contributed by atoms with Crippen LogP contribution in [0.3, 0.4) is 0 Å². The van der Waals surface area contributed by atoms with Crippen LogP contribution in [0.15, 0.2) is 72.8 Å². The Morgan fingerprint density at radius 3 is 2.79 bits per heavy atom. The second kappa shape index (κ2) is 8.23. The molecule has 0 radical (unpaired) electrons. The monoisotopic (exact) mass is 456 g/mol. The number of hydrogen-bond acceptors (Lipinski definition) is 2. The second-order valence-electron chi connectivity index (χ2n) is 9.71. The Hall–Kier alpha value is -2.75. The summed E-state index contributed by atoms with van der Waals surface area (Å²) in [4.78, 5) is 6.38. The fraction of sp³-hybridized carbons (Fsp3) is 0.310. The quantitative estimate of drug-likeness (QED) is 0.385. The molecule has 2 atom stereocenters. The maximum atomic E-state index is 6.32. The Bertz CT molecular complexity index is 1300. The van der Waals surface area contributed by atoms with Gasteiger partial charge in [-0.15, -0.1) is 0 Å². The van der Waals surface area contributed by atoms with Crippen LogP contribution < -0.4 is 4.74 Å². The molecule has 1 aliphatic carbocycles. The number of methoxy groups -OCH3 is 1. The molecule has 3 aromatic carbocycles. The Morgan fingerprint density at radius 1 is 1.06 bits per heavy atom. The van der Waals surface area contributed by atoms with E-state index in [-0.39, 0.29) is 5.41 Å². The minimum absolute atomic E-state index is 0.111. The smallest absolute Gasteiger partial charge is 0.119 e. The first-order valence-corrected chi connectivity index (χ1v) is 12.2. The summed E-state index contributed by atoms with van der Waals surface area (Å²) in [5.74, 6) is 1.49. The molecule has 1 saturated heterocycles. The zero-order chi connectivity index (χ0) is 22.4. The molecule has 1 aliphatic heterocycles. The number of hydrogen-bond donors (Lipinski definition) is 1. The minimum atomic E-state index is 0.111. The van der Waals surface area contributed by atoms with Gasteiger partial charge in [0, 0.05) is 40.1 Å². The standard InChI is InChI=1S/C29H29ClN2O/c1-33-24-9-5-8-21(14-24)29-12-13-32(18-20-6-3-2-4-7-20)19-22(29)15-26-25-11-10-23(30)16-27(25)31-28(26)17-29/h2-11,14,16,22,31H,12-13,15,17-19H2,1H3/t22?,29-/m0/s1. The molecule has 1 N–H and O–H groups in total. The summed E-state index contributed by atoms with van der Waals surface area (Å²) < 4.78 is 5.62. The van der Waals surface area contributed by atoms with Crippen molar-refractivity contribution in [3.63, 3.8) is 0 Å². The number of nitrogens with zero attached hydrogens (tertiary/aromatic N) is 1. The highest BCUT2D eigenvalue weighted by atomic mass is 35.5. The van der Waals surface area contributed by atoms with E-state index in [9.17, 15) is 0 Å². The van der Waals surface area contributed by atoms with Gasteiger partial charge in [0.05, 0.1) is 7.11 Å². The number of likely N-dealkylation sites (tertiary alicyclic amines) is 1. The van der Waals surface area contributed by atoms with Gasteiger partial charge >= 0.3 is 0 Å². The number of fused-ring (bicyclic) bond motifs is 4. The summed E-state index contributed by atoms with van der Waals surface area (Å²) in [6.07, 6.45) is 3.26. The van der Waals surface area contributed by atoms with Gasteiger partial charge in [0.25, 0.3) is 0 Å². The third-order valence-corrected chi connectivity index (χ3v) is 8.16. The van der Waals surface area contributed by atoms with Crippen LogP contribution in [-0.4, -0.2) is 30.1 Å². The van der Waals surface area contributed by atoms with E-state index in [1.54, 1.807) is 7.11 Å². The number of piperidine rings is 1. The Kier molecular flexibility index (Phi) is 5.20. The number of H-pyrrole nitrogens is 1. The first-order valence-electron chi connectivity index (χ1n) is 11.8. The number of rotatable bonds is 4. The highest BCUT2D eigenvalue weighted by Gasteiger charge is 2.48. The molecule has 4 heteroatoms. The molecule has 1 unspecified atom stereocenters. The average molecular weight is 457 g/mol. The van der Waals surface area contributed by atoms with E-state index in [1.165, 1.54) is 27.8 Å². The number of halogens is 1. The van der Waals surface area contributed by atoms with Crippen molar-refractivity contribution in [2.75, 3.05) is 20.2 Å². The lowest BCUT2D eigenvalue weighted by atomic mass is 9.58. The third kappa shape index (κ3) is 3.64. The van der Waals surface area contributed by atoms with Crippen LogP contribution in [0, 0.1) is 5.92 Å². The van der Waals surface area contributed by atoms with Crippen molar-refractivity contribution in [2.24, 2.45) is 5.92 Å². The van der Waals surface area contributed by atoms with E-state index in [0.29, 0.717) is 5.92 Å². The summed E-state index contributed by atoms with van der Waals surface area (Å²) in [6, 6.07) is 25.9. The molecular weight excluding hydrogens is 428 g/mol. The van der Waals surface area contributed by atoms with Crippen molar-refractivity contribution >= 4 is 22.5 Å². The van der Waals surface area contributed by atoms with E-state index in [0.717, 1.165) is 55.2 Å². The topological polar surface area (TPSA) is 28.3 Å². The number of ether oxygens (including phenoxy) is 1. The lowest BCUT2D eigenvalue weighted by Crippen LogP contribution is -2.53. The molecule has 168 valence electrons. The summed E-state index contributed by atoms with van der Waals surface area (Å²) in [5.41, 5.74) is 6.93. The van der Waals surface area contributed by atoms with Crippen LogP contribution >= 0.6 is 11.6 Å². The van der Waals surface area contributed by atoms with Crippen LogP contribution in [0.25, 0.3) is 10.9 Å². The molecule has 0 bridgehead atoms. The lowest BCUT2D eigenvalue weighted by molar-refractivity contribution is 0.0765. The molecule has 2 aliphatic rings. The highest BCUT2D eigenvalue weighted by molar-refractivity contribution is 6.31. The molecule has 4 aromatic rings. The molecule has 33 heavy (non-hydrogen) atoms. The van der Waals surface area contributed by atoms with Gasteiger partial charge in [0.15, 0.2) is 0 Å². The molecule has 0 spiro atoms. The average Bonchev–Trinajstić information content (AvgIpc) is 3.19. The van der Waals surface area contributed by atoms with Crippen LogP contribution in [0.1, 0.15) is 28.8 Å². The molecule has 1 aromatic heterocycles. The maximum absolute atomic E-state index is 6.32. The number of benzene rings is 3. The Labute approximate surface area is 200 Å². The van der Waals surface area contributed by atoms with Gasteiger partial charge in [-0.3, -0.25) is 4.90 Å². The van der Waals surface area contributed by atoms with Gasteiger partial charge in [-0.1, -0.05) is 60.1 Å². The molecule has 1 fully saturated rings. The highest BCUT2D eigenvalue weighted by Crippen LogP contribution is 2.49. The maximum Gasteiger partial charge on any atom is 0.119 e. The molecular formula is C29H29ClN2O. The lowest BCUT2D eigenvalue weighted by Gasteiger charge is -2.51. The molecule has 0 amide bonds. The van der Waals surface area contributed by atoms with Crippen LogP contribution in [0.4, 0.5) is 0 Å². The van der Waals surface area contributed by atoms with Crippen molar-refractivity contribution in [3.05, 3.63) is 100 Å². The SMILES string of the molecule is COc1cccc([C@@]23CCN(Cc4ccccc4)CC2Cc2c([nH]c4cc(Cl)ccc24)C3)c1. The van der Waals surface area contributed by atoms with Crippen molar-refractivity contribution in [1.29, 1.82) is 0 Å². The van der Waals surface area contributed by atoms with Gasteiger partial charge in [-0.25, -0.2) is 0 Å². The van der Waals surface area contributed by atoms with Crippen molar-refractivity contribution in [2.45, 2.75) is 31.2 Å². The summed E-state index contributed by atoms with van der Waals surface area (Å²) in [6.45, 7) is 3.22. The number of aromatic amines is 1. The molecule has 6 rings (SSSR count). The van der Waals surface area contributed by atoms with E-state index in [2.05, 4.69) is 76.6 Å². The van der Waals surface area contributed by atoms with Gasteiger partial charge in [-0.05, 0) is 72.7 Å². The zero-order valence-corrected chi connectivity index (χ0v) is 19.7. The Morgan fingerprint density at radius 2 is 1.94 bits per heavy atom. The number of nitrogens with one attached hydrogen (secondary N) is 1. The van der Waals surface area contributed by atoms with Crippen molar-refractivity contribution < 1.29 is 4.74 Å². The van der Waals surface area contributed by atoms with Crippen molar-refractivity contribution in [1.82, 2.24) is 9.88 Å². The second-order valence-corrected chi connectivity index (χ2v) is 10.1. The van der Waals surface area contributed by atoms with Crippen LogP contribution in [-0.2, 0) is 24.8 Å². The Balaban J connectivity index is 1.41. The first kappa shape index (κ1) is 20.8. The summed E-state index contributed by atoms with van der Waals surface area (Å²) in [5, 5.41) is 2.11. The fourth-order valence-electron chi connectivity index (χ4n) is 6.26. The van der Waals surface area contributed by atoms with E-state index < -0.39 is 0 Å². The van der Waals surface area contributed by atoms with Crippen molar-refractivity contribution in [3.8, 4) is 5.75 Å². The summed E-state index contributed by atoms with van der Waals surface area (Å²) in [7, 11) is 1.76. The predicted molar refractivity (Wildman–Crippen MR) is 135 cm³/mol. The van der Waals surface area contributed by atoms with Gasteiger partial charge in [0.2, 0.25) is 0 Å². The minimum Gasteiger partial charge on any atom is -0.497 e. The predicted octanol–water partition coefficient (Wildman–Crippen LogP) is 6.39. The van der Waals surface area contributed by atoms with Crippen LogP contribution in [0.2, 0.25) is 5.02 Å². The molecule has 2 heterocycles. The molecule has 0 saturated carbocycles. The van der Waals surface area contributed by atoms with E-state index in [1.807, 2.05) is 6.07 Å². The van der Waals surface area contributed by atoms with Gasteiger partial charge < -0.3 is 9.72 Å². The number of aromatic nitrogens is 1. The summed E-state index contributed by atoms with van der Waals surface area (Å²) >= 11 is 6.32. The van der Waals surface area contributed by atoms with E-state index >= 15 is 0 Å². The fourth-order valence-corrected chi connectivity index (χ4v) is 6.43. The van der Waals surface area contributed by atoms with E-state index in [4.69, 9.17) is 16.3 Å². The normalized spacial score (nSPS) is 22.7. The van der Waals surface area contributed by atoms with Crippen LogP contribution in [0.5, 0.6) is 5.75 Å². The largest absolute Gasteiger partial charge is 0.497 e. The first-order chi connectivity index (χ1) is 16.1. The molecule has 3 nitrogen and oxygen atoms in total.